The Bertz CT molecular complexity index is 1410. The highest BCUT2D eigenvalue weighted by Gasteiger charge is 2.33. The van der Waals surface area contributed by atoms with Crippen molar-refractivity contribution in [1.29, 1.82) is 0 Å². The number of halogens is 2. The lowest BCUT2D eigenvalue weighted by Crippen LogP contribution is -2.53. The zero-order valence-corrected chi connectivity index (χ0v) is 25.4. The van der Waals surface area contributed by atoms with Gasteiger partial charge in [-0.05, 0) is 48.2 Å². The first kappa shape index (κ1) is 31.6. The van der Waals surface area contributed by atoms with Crippen molar-refractivity contribution in [2.24, 2.45) is 5.92 Å². The molecule has 0 bridgehead atoms. The molecule has 1 atom stereocenters. The molecule has 0 unspecified atom stereocenters. The van der Waals surface area contributed by atoms with E-state index in [1.807, 2.05) is 51.1 Å². The van der Waals surface area contributed by atoms with E-state index < -0.39 is 28.5 Å². The average molecular weight is 605 g/mol. The van der Waals surface area contributed by atoms with E-state index >= 15 is 0 Å². The number of aryl methyl sites for hydroxylation is 1. The lowest BCUT2D eigenvalue weighted by Gasteiger charge is -2.33. The van der Waals surface area contributed by atoms with E-state index in [2.05, 4.69) is 5.32 Å². The molecule has 10 heteroatoms. The Morgan fingerprint density at radius 1 is 0.900 bits per heavy atom. The molecule has 1 N–H and O–H groups in total. The third-order valence-corrected chi connectivity index (χ3v) is 8.94. The molecule has 3 rings (SSSR count). The van der Waals surface area contributed by atoms with Gasteiger partial charge < -0.3 is 10.2 Å². The van der Waals surface area contributed by atoms with Crippen LogP contribution in [-0.4, -0.2) is 55.6 Å². The highest BCUT2D eigenvalue weighted by molar-refractivity contribution is 7.89. The maximum absolute atomic E-state index is 13.9. The summed E-state index contributed by atoms with van der Waals surface area (Å²) >= 11 is 12.4. The molecule has 0 saturated heterocycles. The lowest BCUT2D eigenvalue weighted by molar-refractivity contribution is -0.141. The molecular formula is C30H35Cl2N3O4S. The summed E-state index contributed by atoms with van der Waals surface area (Å²) in [5.41, 5.74) is 2.43. The normalized spacial score (nSPS) is 12.4. The van der Waals surface area contributed by atoms with Crippen molar-refractivity contribution < 1.29 is 18.0 Å². The Labute approximate surface area is 247 Å². The van der Waals surface area contributed by atoms with E-state index in [9.17, 15) is 18.0 Å². The van der Waals surface area contributed by atoms with Crippen molar-refractivity contribution in [2.75, 3.05) is 20.1 Å². The van der Waals surface area contributed by atoms with Gasteiger partial charge in [-0.1, -0.05) is 91.1 Å². The molecule has 0 aliphatic heterocycles. The van der Waals surface area contributed by atoms with Gasteiger partial charge in [0.2, 0.25) is 21.8 Å². The smallest absolute Gasteiger partial charge is 0.243 e. The van der Waals surface area contributed by atoms with Gasteiger partial charge in [0.25, 0.3) is 0 Å². The van der Waals surface area contributed by atoms with Crippen LogP contribution in [-0.2, 0) is 32.6 Å². The fourth-order valence-corrected chi connectivity index (χ4v) is 5.51. The number of carbonyl (C=O) groups excluding carboxylic acids is 2. The standard InChI is InChI=1S/C30H35Cl2N3O4S/c1-21(2)18-33-30(37)28(17-23-8-6-5-7-9-23)35(19-24-12-15-26(31)27(32)16-24)29(36)20-34(4)40(38,39)25-13-10-22(3)11-14-25/h5-16,21,28H,17-20H2,1-4H3,(H,33,37)/t28-/m1/s1. The van der Waals surface area contributed by atoms with Crippen LogP contribution in [0.5, 0.6) is 0 Å². The monoisotopic (exact) mass is 603 g/mol. The number of sulfonamides is 1. The first-order chi connectivity index (χ1) is 18.9. The van der Waals surface area contributed by atoms with Gasteiger partial charge >= 0.3 is 0 Å². The Morgan fingerprint density at radius 3 is 2.15 bits per heavy atom. The molecule has 214 valence electrons. The number of nitrogens with zero attached hydrogens (tertiary/aromatic N) is 2. The van der Waals surface area contributed by atoms with Crippen LogP contribution in [0.3, 0.4) is 0 Å². The summed E-state index contributed by atoms with van der Waals surface area (Å²) in [5.74, 6) is -0.647. The first-order valence-electron chi connectivity index (χ1n) is 13.0. The van der Waals surface area contributed by atoms with Gasteiger partial charge in [0.1, 0.15) is 6.04 Å². The number of carbonyl (C=O) groups is 2. The van der Waals surface area contributed by atoms with E-state index in [-0.39, 0.29) is 29.7 Å². The van der Waals surface area contributed by atoms with Crippen molar-refractivity contribution >= 4 is 45.0 Å². The fraction of sp³-hybridized carbons (Fsp3) is 0.333. The van der Waals surface area contributed by atoms with E-state index in [1.165, 1.54) is 24.1 Å². The predicted molar refractivity (Wildman–Crippen MR) is 160 cm³/mol. The molecule has 3 aromatic carbocycles. The van der Waals surface area contributed by atoms with Crippen molar-refractivity contribution in [1.82, 2.24) is 14.5 Å². The van der Waals surface area contributed by atoms with Gasteiger partial charge in [-0.3, -0.25) is 9.59 Å². The molecule has 0 fully saturated rings. The minimum atomic E-state index is -3.95. The molecule has 2 amide bonds. The number of benzene rings is 3. The molecule has 0 radical (unpaired) electrons. The largest absolute Gasteiger partial charge is 0.354 e. The van der Waals surface area contributed by atoms with Crippen LogP contribution in [0.1, 0.15) is 30.5 Å². The number of nitrogens with one attached hydrogen (secondary N) is 1. The third-order valence-electron chi connectivity index (χ3n) is 6.38. The van der Waals surface area contributed by atoms with Gasteiger partial charge in [-0.2, -0.15) is 4.31 Å². The van der Waals surface area contributed by atoms with Crippen LogP contribution in [0, 0.1) is 12.8 Å². The molecule has 7 nitrogen and oxygen atoms in total. The maximum Gasteiger partial charge on any atom is 0.243 e. The number of hydrogen-bond acceptors (Lipinski definition) is 4. The van der Waals surface area contributed by atoms with Crippen molar-refractivity contribution in [3.63, 3.8) is 0 Å². The minimum Gasteiger partial charge on any atom is -0.354 e. The maximum atomic E-state index is 13.9. The number of hydrogen-bond donors (Lipinski definition) is 1. The van der Waals surface area contributed by atoms with Crippen molar-refractivity contribution in [3.8, 4) is 0 Å². The Kier molecular flexibility index (Phi) is 11.2. The summed E-state index contributed by atoms with van der Waals surface area (Å²) < 4.78 is 27.5. The zero-order valence-electron chi connectivity index (χ0n) is 23.1. The van der Waals surface area contributed by atoms with Gasteiger partial charge in [0.15, 0.2) is 0 Å². The first-order valence-corrected chi connectivity index (χ1v) is 15.2. The summed E-state index contributed by atoms with van der Waals surface area (Å²) in [6.45, 7) is 5.83. The molecule has 0 saturated carbocycles. The van der Waals surface area contributed by atoms with Crippen LogP contribution in [0.25, 0.3) is 0 Å². The van der Waals surface area contributed by atoms with Crippen LogP contribution in [0.15, 0.2) is 77.7 Å². The van der Waals surface area contributed by atoms with Crippen LogP contribution in [0.4, 0.5) is 0 Å². The van der Waals surface area contributed by atoms with Gasteiger partial charge in [-0.25, -0.2) is 8.42 Å². The SMILES string of the molecule is Cc1ccc(S(=O)(=O)N(C)CC(=O)N(Cc2ccc(Cl)c(Cl)c2)[C@H](Cc2ccccc2)C(=O)NCC(C)C)cc1. The topological polar surface area (TPSA) is 86.8 Å². The van der Waals surface area contributed by atoms with Crippen LogP contribution >= 0.6 is 23.2 Å². The summed E-state index contributed by atoms with van der Waals surface area (Å²) in [7, 11) is -2.59. The third kappa shape index (κ3) is 8.54. The molecular weight excluding hydrogens is 569 g/mol. The summed E-state index contributed by atoms with van der Waals surface area (Å²) in [4.78, 5) is 29.0. The summed E-state index contributed by atoms with van der Waals surface area (Å²) in [5, 5.41) is 3.62. The summed E-state index contributed by atoms with van der Waals surface area (Å²) in [6.07, 6.45) is 0.242. The highest BCUT2D eigenvalue weighted by Crippen LogP contribution is 2.25. The number of likely N-dealkylation sites (N-methyl/N-ethyl adjacent to an activating group) is 1. The molecule has 0 spiro atoms. The number of rotatable bonds is 12. The quantitative estimate of drug-likeness (QED) is 0.303. The van der Waals surface area contributed by atoms with Crippen molar-refractivity contribution in [3.05, 3.63) is 99.5 Å². The molecule has 0 heterocycles. The van der Waals surface area contributed by atoms with Crippen LogP contribution < -0.4 is 5.32 Å². The van der Waals surface area contributed by atoms with E-state index in [4.69, 9.17) is 23.2 Å². The number of amides is 2. The zero-order chi connectivity index (χ0) is 29.4. The molecule has 40 heavy (non-hydrogen) atoms. The highest BCUT2D eigenvalue weighted by atomic mass is 35.5. The summed E-state index contributed by atoms with van der Waals surface area (Å²) in [6, 6.07) is 19.9. The minimum absolute atomic E-state index is 0.0285. The van der Waals surface area contributed by atoms with E-state index in [0.29, 0.717) is 22.2 Å². The fourth-order valence-electron chi connectivity index (χ4n) is 4.07. The second-order valence-electron chi connectivity index (χ2n) is 10.2. The Morgan fingerprint density at radius 2 is 1.55 bits per heavy atom. The Hall–Kier alpha value is -2.91. The van der Waals surface area contributed by atoms with Gasteiger partial charge in [-0.15, -0.1) is 0 Å². The average Bonchev–Trinajstić information content (AvgIpc) is 2.91. The van der Waals surface area contributed by atoms with Gasteiger partial charge in [0, 0.05) is 26.6 Å². The predicted octanol–water partition coefficient (Wildman–Crippen LogP) is 5.33. The van der Waals surface area contributed by atoms with E-state index in [0.717, 1.165) is 15.4 Å². The van der Waals surface area contributed by atoms with Crippen molar-refractivity contribution in [2.45, 2.75) is 44.7 Å². The molecule has 3 aromatic rings. The Balaban J connectivity index is 1.98. The van der Waals surface area contributed by atoms with Gasteiger partial charge in [0.05, 0.1) is 21.5 Å². The second-order valence-corrected chi connectivity index (χ2v) is 13.0. The molecule has 0 aliphatic carbocycles. The lowest BCUT2D eigenvalue weighted by atomic mass is 10.0. The second kappa shape index (κ2) is 14.1. The van der Waals surface area contributed by atoms with E-state index in [1.54, 1.807) is 30.3 Å². The van der Waals surface area contributed by atoms with Crippen LogP contribution in [0.2, 0.25) is 10.0 Å². The molecule has 0 aromatic heterocycles. The molecule has 0 aliphatic rings.